The average molecular weight is 299 g/mol. The van der Waals surface area contributed by atoms with Gasteiger partial charge in [0.15, 0.2) is 11.0 Å². The van der Waals surface area contributed by atoms with Gasteiger partial charge < -0.3 is 22.3 Å². The van der Waals surface area contributed by atoms with Crippen LogP contribution in [0.3, 0.4) is 0 Å². The van der Waals surface area contributed by atoms with Crippen molar-refractivity contribution in [3.8, 4) is 0 Å². The molecule has 0 saturated carbocycles. The normalized spacial score (nSPS) is 12.4. The molecule has 7 nitrogen and oxygen atoms in total. The highest BCUT2D eigenvalue weighted by atomic mass is 32.2. The first kappa shape index (κ1) is 14.7. The Morgan fingerprint density at radius 1 is 1.29 bits per heavy atom. The lowest BCUT2D eigenvalue weighted by atomic mass is 10.1. The Hall–Kier alpha value is -2.74. The lowest BCUT2D eigenvalue weighted by Gasteiger charge is -2.03. The molecule has 6 N–H and O–H groups in total. The fourth-order valence-corrected chi connectivity index (χ4v) is 1.91. The molecule has 8 heteroatoms. The summed E-state index contributed by atoms with van der Waals surface area (Å²) >= 11 is 1.01. The fourth-order valence-electron chi connectivity index (χ4n) is 1.64. The van der Waals surface area contributed by atoms with Crippen molar-refractivity contribution in [2.45, 2.75) is 0 Å². The Balaban J connectivity index is 2.48. The standard InChI is InChI=1S/C13H13N7S/c14-4-9(5-15)8-3-11-10(18-6-8)1-2-12(19-11)20-13(17)21-7-16/h1-7,14,16H,15H2,(H2,17,19,20)/b9-5+,14-4?,16-7?. The van der Waals surface area contributed by atoms with Crippen LogP contribution in [0, 0.1) is 10.8 Å². The Kier molecular flexibility index (Phi) is 4.62. The molecule has 0 aromatic carbocycles. The Bertz CT molecular complexity index is 751. The van der Waals surface area contributed by atoms with Crippen LogP contribution >= 0.6 is 11.8 Å². The molecule has 0 aliphatic heterocycles. The van der Waals surface area contributed by atoms with Crippen LogP contribution in [0.1, 0.15) is 5.56 Å². The maximum atomic E-state index is 7.30. The zero-order valence-corrected chi connectivity index (χ0v) is 11.8. The second-order valence-electron chi connectivity index (χ2n) is 3.88. The van der Waals surface area contributed by atoms with Gasteiger partial charge >= 0.3 is 0 Å². The highest BCUT2D eigenvalue weighted by Crippen LogP contribution is 2.19. The lowest BCUT2D eigenvalue weighted by Crippen LogP contribution is -2.05. The van der Waals surface area contributed by atoms with Crippen molar-refractivity contribution in [3.63, 3.8) is 0 Å². The van der Waals surface area contributed by atoms with Gasteiger partial charge in [-0.15, -0.1) is 0 Å². The monoisotopic (exact) mass is 299 g/mol. The van der Waals surface area contributed by atoms with E-state index in [-0.39, 0.29) is 5.17 Å². The molecule has 0 aliphatic rings. The molecule has 0 spiro atoms. The largest absolute Gasteiger partial charge is 0.404 e. The second-order valence-corrected chi connectivity index (χ2v) is 4.77. The van der Waals surface area contributed by atoms with Crippen LogP contribution in [-0.2, 0) is 0 Å². The molecule has 2 aromatic heterocycles. The maximum absolute atomic E-state index is 7.30. The van der Waals surface area contributed by atoms with E-state index >= 15 is 0 Å². The summed E-state index contributed by atoms with van der Waals surface area (Å²) in [5.74, 6) is 0.432. The Morgan fingerprint density at radius 2 is 2.10 bits per heavy atom. The van der Waals surface area contributed by atoms with Gasteiger partial charge in [-0.1, -0.05) is 0 Å². The highest BCUT2D eigenvalue weighted by Gasteiger charge is 2.04. The van der Waals surface area contributed by atoms with E-state index in [0.717, 1.165) is 23.5 Å². The fraction of sp³-hybridized carbons (Fsp3) is 0. The molecular weight excluding hydrogens is 286 g/mol. The zero-order chi connectivity index (χ0) is 15.2. The number of amidine groups is 1. The molecule has 21 heavy (non-hydrogen) atoms. The Labute approximate surface area is 125 Å². The molecule has 2 heterocycles. The van der Waals surface area contributed by atoms with Gasteiger partial charge in [0.05, 0.1) is 16.6 Å². The van der Waals surface area contributed by atoms with Crippen molar-refractivity contribution in [2.24, 2.45) is 16.5 Å². The van der Waals surface area contributed by atoms with E-state index in [4.69, 9.17) is 22.3 Å². The number of thioether (sulfide) groups is 1. The summed E-state index contributed by atoms with van der Waals surface area (Å²) in [6, 6.07) is 5.26. The van der Waals surface area contributed by atoms with Gasteiger partial charge in [-0.2, -0.15) is 0 Å². The molecule has 0 radical (unpaired) electrons. The lowest BCUT2D eigenvalue weighted by molar-refractivity contribution is 1.29. The van der Waals surface area contributed by atoms with Gasteiger partial charge in [0.2, 0.25) is 0 Å². The second kappa shape index (κ2) is 6.62. The van der Waals surface area contributed by atoms with E-state index in [1.165, 1.54) is 6.20 Å². The van der Waals surface area contributed by atoms with Gasteiger partial charge in [0.1, 0.15) is 0 Å². The van der Waals surface area contributed by atoms with Crippen LogP contribution in [0.5, 0.6) is 0 Å². The third-order valence-corrected chi connectivity index (χ3v) is 3.05. The number of rotatable bonds is 4. The summed E-state index contributed by atoms with van der Waals surface area (Å²) < 4.78 is 0. The van der Waals surface area contributed by atoms with Gasteiger partial charge in [0, 0.05) is 29.7 Å². The third-order valence-electron chi connectivity index (χ3n) is 2.60. The molecule has 0 fully saturated rings. The number of nitrogens with one attached hydrogen (secondary N) is 2. The van der Waals surface area contributed by atoms with Crippen LogP contribution in [0.15, 0.2) is 35.6 Å². The number of hydrogen-bond donors (Lipinski definition) is 4. The zero-order valence-electron chi connectivity index (χ0n) is 10.9. The first-order valence-electron chi connectivity index (χ1n) is 5.87. The highest BCUT2D eigenvalue weighted by molar-refractivity contribution is 8.24. The number of pyridine rings is 2. The van der Waals surface area contributed by atoms with Gasteiger partial charge in [-0.25, -0.2) is 9.98 Å². The summed E-state index contributed by atoms with van der Waals surface area (Å²) in [4.78, 5) is 12.7. The van der Waals surface area contributed by atoms with E-state index < -0.39 is 0 Å². The number of aliphatic imine (C=N–C) groups is 1. The minimum atomic E-state index is 0.239. The molecule has 0 aliphatic carbocycles. The average Bonchev–Trinajstić information content (AvgIpc) is 2.48. The molecule has 2 rings (SSSR count). The van der Waals surface area contributed by atoms with Crippen molar-refractivity contribution in [3.05, 3.63) is 36.2 Å². The third kappa shape index (κ3) is 3.42. The number of allylic oxidation sites excluding steroid dienone is 1. The molecular formula is C13H13N7S. The number of nitrogens with two attached hydrogens (primary N) is 2. The van der Waals surface area contributed by atoms with E-state index in [2.05, 4.69) is 15.0 Å². The maximum Gasteiger partial charge on any atom is 0.166 e. The van der Waals surface area contributed by atoms with E-state index in [9.17, 15) is 0 Å². The smallest absolute Gasteiger partial charge is 0.166 e. The number of hydrogen-bond acceptors (Lipinski definition) is 7. The molecule has 0 unspecified atom stereocenters. The van der Waals surface area contributed by atoms with Crippen LogP contribution in [0.2, 0.25) is 0 Å². The molecule has 0 atom stereocenters. The quantitative estimate of drug-likeness (QED) is 0.504. The van der Waals surface area contributed by atoms with Crippen LogP contribution in [0.25, 0.3) is 16.6 Å². The van der Waals surface area contributed by atoms with Gasteiger partial charge in [-0.05, 0) is 30.0 Å². The molecule has 0 saturated heterocycles. The van der Waals surface area contributed by atoms with Crippen LogP contribution in [-0.4, -0.2) is 26.9 Å². The summed E-state index contributed by atoms with van der Waals surface area (Å²) in [5, 5.41) is 14.5. The van der Waals surface area contributed by atoms with Crippen molar-refractivity contribution in [1.29, 1.82) is 10.8 Å². The summed E-state index contributed by atoms with van der Waals surface area (Å²) in [6.45, 7) is 0. The summed E-state index contributed by atoms with van der Waals surface area (Å²) in [6.07, 6.45) is 4.13. The number of fused-ring (bicyclic) bond motifs is 1. The number of nitrogens with zero attached hydrogens (tertiary/aromatic N) is 3. The first-order chi connectivity index (χ1) is 10.2. The van der Waals surface area contributed by atoms with Crippen LogP contribution < -0.4 is 11.5 Å². The van der Waals surface area contributed by atoms with Gasteiger partial charge in [0.25, 0.3) is 0 Å². The number of aromatic nitrogens is 2. The SMILES string of the molecule is N=CSC(N)=Nc1ccc2ncc(/C(C=N)=C/N)cc2n1. The summed E-state index contributed by atoms with van der Waals surface area (Å²) in [5.41, 5.74) is 14.8. The van der Waals surface area contributed by atoms with Crippen molar-refractivity contribution >= 4 is 51.1 Å². The van der Waals surface area contributed by atoms with Crippen LogP contribution in [0.4, 0.5) is 5.82 Å². The molecule has 2 aromatic rings. The van der Waals surface area contributed by atoms with Gasteiger partial charge in [-0.3, -0.25) is 4.98 Å². The topological polar surface area (TPSA) is 138 Å². The molecule has 106 valence electrons. The predicted molar refractivity (Wildman–Crippen MR) is 88.1 cm³/mol. The minimum absolute atomic E-state index is 0.239. The Morgan fingerprint density at radius 3 is 2.76 bits per heavy atom. The van der Waals surface area contributed by atoms with Crippen molar-refractivity contribution in [1.82, 2.24) is 9.97 Å². The summed E-state index contributed by atoms with van der Waals surface area (Å²) in [7, 11) is 0. The van der Waals surface area contributed by atoms with Crippen molar-refractivity contribution in [2.75, 3.05) is 0 Å². The van der Waals surface area contributed by atoms with E-state index in [0.29, 0.717) is 28.0 Å². The van der Waals surface area contributed by atoms with Crippen molar-refractivity contribution < 1.29 is 0 Å². The van der Waals surface area contributed by atoms with E-state index in [1.54, 1.807) is 24.4 Å². The molecule has 0 amide bonds. The molecule has 0 bridgehead atoms. The van der Waals surface area contributed by atoms with E-state index in [1.807, 2.05) is 0 Å². The first-order valence-corrected chi connectivity index (χ1v) is 6.75. The predicted octanol–water partition coefficient (Wildman–Crippen LogP) is 1.87. The minimum Gasteiger partial charge on any atom is -0.404 e.